The first-order valence-corrected chi connectivity index (χ1v) is 11.8. The highest BCUT2D eigenvalue weighted by Crippen LogP contribution is 2.38. The average molecular weight is 545 g/mol. The summed E-state index contributed by atoms with van der Waals surface area (Å²) in [5.41, 5.74) is 2.54. The molecule has 3 aromatic carbocycles. The number of ether oxygens (including phenoxy) is 1. The Morgan fingerprint density at radius 3 is 2.38 bits per heavy atom. The number of carboxylic acid groups (broad SMARTS) is 1. The molecule has 0 spiro atoms. The SMILES string of the molecule is COc1cc(F)c(F)cc1-c1ccc(C[C@H](NC(=O)c2c(Cl)cccc2Cl)C(=O)O)c2nccc(C)c12. The summed E-state index contributed by atoms with van der Waals surface area (Å²) in [7, 11) is 1.35. The number of aliphatic carboxylic acids is 1. The van der Waals surface area contributed by atoms with Crippen LogP contribution in [0.3, 0.4) is 0 Å². The maximum Gasteiger partial charge on any atom is 0.326 e. The first-order valence-electron chi connectivity index (χ1n) is 11.0. The van der Waals surface area contributed by atoms with Gasteiger partial charge in [0.1, 0.15) is 11.8 Å². The molecule has 1 amide bonds. The Kier molecular flexibility index (Phi) is 7.61. The van der Waals surface area contributed by atoms with Crippen LogP contribution >= 0.6 is 23.2 Å². The molecular formula is C27H20Cl2F2N2O4. The number of aromatic nitrogens is 1. The van der Waals surface area contributed by atoms with Gasteiger partial charge in [-0.2, -0.15) is 0 Å². The molecule has 0 unspecified atom stereocenters. The minimum Gasteiger partial charge on any atom is -0.496 e. The maximum absolute atomic E-state index is 14.2. The van der Waals surface area contributed by atoms with E-state index >= 15 is 0 Å². The smallest absolute Gasteiger partial charge is 0.326 e. The molecule has 1 aromatic heterocycles. The molecule has 0 aliphatic heterocycles. The minimum absolute atomic E-state index is 0.0308. The lowest BCUT2D eigenvalue weighted by Gasteiger charge is -2.19. The number of halogens is 4. The van der Waals surface area contributed by atoms with Gasteiger partial charge in [-0.3, -0.25) is 9.78 Å². The molecule has 10 heteroatoms. The zero-order valence-corrected chi connectivity index (χ0v) is 21.1. The Labute approximate surface area is 220 Å². The molecule has 1 atom stereocenters. The van der Waals surface area contributed by atoms with Gasteiger partial charge in [-0.15, -0.1) is 0 Å². The van der Waals surface area contributed by atoms with Gasteiger partial charge in [0.2, 0.25) is 0 Å². The highest BCUT2D eigenvalue weighted by atomic mass is 35.5. The molecule has 0 fully saturated rings. The number of carbonyl (C=O) groups is 2. The van der Waals surface area contributed by atoms with E-state index in [2.05, 4.69) is 10.3 Å². The van der Waals surface area contributed by atoms with Crippen LogP contribution in [-0.4, -0.2) is 35.1 Å². The number of aryl methyl sites for hydroxylation is 1. The van der Waals surface area contributed by atoms with Crippen molar-refractivity contribution < 1.29 is 28.2 Å². The Morgan fingerprint density at radius 1 is 1.05 bits per heavy atom. The van der Waals surface area contributed by atoms with Crippen LogP contribution in [0.2, 0.25) is 10.0 Å². The van der Waals surface area contributed by atoms with E-state index in [-0.39, 0.29) is 27.8 Å². The van der Waals surface area contributed by atoms with Gasteiger partial charge < -0.3 is 15.2 Å². The van der Waals surface area contributed by atoms with Crippen molar-refractivity contribution >= 4 is 46.0 Å². The zero-order valence-electron chi connectivity index (χ0n) is 19.6. The van der Waals surface area contributed by atoms with Gasteiger partial charge in [0.25, 0.3) is 5.91 Å². The van der Waals surface area contributed by atoms with Crippen LogP contribution in [0.25, 0.3) is 22.0 Å². The molecule has 0 bridgehead atoms. The quantitative estimate of drug-likeness (QED) is 0.288. The van der Waals surface area contributed by atoms with Gasteiger partial charge in [-0.05, 0) is 47.9 Å². The number of nitrogens with zero attached hydrogens (tertiary/aromatic N) is 1. The van der Waals surface area contributed by atoms with Crippen molar-refractivity contribution in [3.05, 3.63) is 93.1 Å². The molecular weight excluding hydrogens is 525 g/mol. The fourth-order valence-electron chi connectivity index (χ4n) is 4.15. The highest BCUT2D eigenvalue weighted by molar-refractivity contribution is 6.39. The summed E-state index contributed by atoms with van der Waals surface area (Å²) in [6, 6.07) is 10.2. The van der Waals surface area contributed by atoms with Gasteiger partial charge >= 0.3 is 5.97 Å². The third-order valence-corrected chi connectivity index (χ3v) is 6.56. The fourth-order valence-corrected chi connectivity index (χ4v) is 4.72. The summed E-state index contributed by atoms with van der Waals surface area (Å²) >= 11 is 12.2. The summed E-state index contributed by atoms with van der Waals surface area (Å²) in [6.07, 6.45) is 1.44. The van der Waals surface area contributed by atoms with E-state index in [1.807, 2.05) is 6.92 Å². The molecule has 0 aliphatic rings. The first-order chi connectivity index (χ1) is 17.6. The van der Waals surface area contributed by atoms with Crippen molar-refractivity contribution in [1.82, 2.24) is 10.3 Å². The van der Waals surface area contributed by atoms with E-state index < -0.39 is 29.6 Å². The number of carbonyl (C=O) groups excluding carboxylic acids is 1. The predicted octanol–water partition coefficient (Wildman–Crippen LogP) is 6.23. The van der Waals surface area contributed by atoms with E-state index in [9.17, 15) is 23.5 Å². The summed E-state index contributed by atoms with van der Waals surface area (Å²) in [4.78, 5) is 29.4. The molecule has 0 saturated carbocycles. The van der Waals surface area contributed by atoms with E-state index in [1.54, 1.807) is 30.5 Å². The van der Waals surface area contributed by atoms with E-state index in [4.69, 9.17) is 27.9 Å². The number of hydrogen-bond donors (Lipinski definition) is 2. The van der Waals surface area contributed by atoms with E-state index in [0.29, 0.717) is 27.6 Å². The highest BCUT2D eigenvalue weighted by Gasteiger charge is 2.26. The summed E-state index contributed by atoms with van der Waals surface area (Å²) in [5, 5.41) is 13.1. The molecule has 4 rings (SSSR count). The largest absolute Gasteiger partial charge is 0.496 e. The number of benzene rings is 3. The van der Waals surface area contributed by atoms with Crippen LogP contribution in [-0.2, 0) is 11.2 Å². The van der Waals surface area contributed by atoms with Crippen molar-refractivity contribution in [3.8, 4) is 16.9 Å². The third-order valence-electron chi connectivity index (χ3n) is 5.93. The number of methoxy groups -OCH3 is 1. The van der Waals surface area contributed by atoms with Gasteiger partial charge in [-0.1, -0.05) is 41.4 Å². The number of pyridine rings is 1. The Hall–Kier alpha value is -3.75. The lowest BCUT2D eigenvalue weighted by Crippen LogP contribution is -2.42. The van der Waals surface area contributed by atoms with Crippen molar-refractivity contribution in [1.29, 1.82) is 0 Å². The predicted molar refractivity (Wildman–Crippen MR) is 137 cm³/mol. The fraction of sp³-hybridized carbons (Fsp3) is 0.148. The van der Waals surface area contributed by atoms with E-state index in [0.717, 1.165) is 17.7 Å². The Bertz CT molecular complexity index is 1520. The lowest BCUT2D eigenvalue weighted by molar-refractivity contribution is -0.139. The number of amides is 1. The molecule has 2 N–H and O–H groups in total. The molecule has 0 radical (unpaired) electrons. The third kappa shape index (κ3) is 5.21. The van der Waals surface area contributed by atoms with Gasteiger partial charge in [-0.25, -0.2) is 13.6 Å². The molecule has 0 aliphatic carbocycles. The topological polar surface area (TPSA) is 88.5 Å². The van der Waals surface area contributed by atoms with Crippen LogP contribution in [0, 0.1) is 18.6 Å². The minimum atomic E-state index is -1.34. The second kappa shape index (κ2) is 10.7. The second-order valence-corrected chi connectivity index (χ2v) is 9.07. The number of rotatable bonds is 7. The monoisotopic (exact) mass is 544 g/mol. The second-order valence-electron chi connectivity index (χ2n) is 8.26. The van der Waals surface area contributed by atoms with E-state index in [1.165, 1.54) is 19.2 Å². The van der Waals surface area contributed by atoms with Crippen LogP contribution < -0.4 is 10.1 Å². The number of nitrogens with one attached hydrogen (secondary N) is 1. The standard InChI is InChI=1S/C27H20Cl2F2N2O4/c1-13-8-9-32-25-14(6-7-15(23(13)25)16-11-19(30)20(31)12-22(16)37-2)10-21(27(35)36)33-26(34)24-17(28)4-3-5-18(24)29/h3-9,11-12,21H,10H2,1-2H3,(H,33,34)(H,35,36)/t21-/m0/s1. The summed E-state index contributed by atoms with van der Waals surface area (Å²) in [5.74, 6) is -3.97. The summed E-state index contributed by atoms with van der Waals surface area (Å²) < 4.78 is 33.3. The van der Waals surface area contributed by atoms with Crippen molar-refractivity contribution in [2.45, 2.75) is 19.4 Å². The van der Waals surface area contributed by atoms with Crippen molar-refractivity contribution in [2.24, 2.45) is 0 Å². The van der Waals surface area contributed by atoms with Crippen LogP contribution in [0.1, 0.15) is 21.5 Å². The Balaban J connectivity index is 1.78. The first kappa shape index (κ1) is 26.3. The molecule has 1 heterocycles. The Morgan fingerprint density at radius 2 is 1.73 bits per heavy atom. The number of fused-ring (bicyclic) bond motifs is 1. The van der Waals surface area contributed by atoms with Crippen LogP contribution in [0.4, 0.5) is 8.78 Å². The normalized spacial score (nSPS) is 11.8. The van der Waals surface area contributed by atoms with Crippen molar-refractivity contribution in [3.63, 3.8) is 0 Å². The van der Waals surface area contributed by atoms with Crippen LogP contribution in [0.15, 0.2) is 54.7 Å². The molecule has 190 valence electrons. The van der Waals surface area contributed by atoms with Crippen molar-refractivity contribution in [2.75, 3.05) is 7.11 Å². The molecule has 0 saturated heterocycles. The van der Waals surface area contributed by atoms with Crippen LogP contribution in [0.5, 0.6) is 5.75 Å². The van der Waals surface area contributed by atoms with Gasteiger partial charge in [0, 0.05) is 29.6 Å². The summed E-state index contributed by atoms with van der Waals surface area (Å²) in [6.45, 7) is 1.82. The van der Waals surface area contributed by atoms with Gasteiger partial charge in [0.05, 0.1) is 28.2 Å². The number of hydrogen-bond acceptors (Lipinski definition) is 4. The maximum atomic E-state index is 14.2. The lowest BCUT2D eigenvalue weighted by atomic mass is 9.92. The number of carboxylic acids is 1. The van der Waals surface area contributed by atoms with Gasteiger partial charge in [0.15, 0.2) is 11.6 Å². The average Bonchev–Trinajstić information content (AvgIpc) is 2.85. The molecule has 37 heavy (non-hydrogen) atoms. The molecule has 4 aromatic rings. The zero-order chi connectivity index (χ0) is 26.9. The molecule has 6 nitrogen and oxygen atoms in total.